The molecule has 172 valence electrons. The number of carbonyl (C=O) groups excluding carboxylic acids is 3. The number of rotatable bonds is 9. The number of imide groups is 1. The molecule has 0 spiro atoms. The largest absolute Gasteiger partial charge is 0.497 e. The van der Waals surface area contributed by atoms with Gasteiger partial charge in [-0.25, -0.2) is 4.79 Å². The lowest BCUT2D eigenvalue weighted by atomic mass is 10.1. The number of urea groups is 1. The van der Waals surface area contributed by atoms with Gasteiger partial charge >= 0.3 is 6.03 Å². The van der Waals surface area contributed by atoms with Gasteiger partial charge in [0.2, 0.25) is 5.91 Å². The number of nitrogens with one attached hydrogen (secondary N) is 2. The number of hydrogen-bond acceptors (Lipinski definition) is 5. The zero-order chi connectivity index (χ0) is 23.4. The van der Waals surface area contributed by atoms with Crippen molar-refractivity contribution in [3.05, 3.63) is 60.3 Å². The molecule has 1 atom stereocenters. The summed E-state index contributed by atoms with van der Waals surface area (Å²) >= 11 is 0. The number of benzene rings is 2. The van der Waals surface area contributed by atoms with Crippen LogP contribution in [0.1, 0.15) is 12.0 Å². The monoisotopic (exact) mass is 450 g/mol. The van der Waals surface area contributed by atoms with Crippen LogP contribution >= 0.6 is 0 Å². The minimum atomic E-state index is -0.882. The summed E-state index contributed by atoms with van der Waals surface area (Å²) < 4.78 is 12.6. The summed E-state index contributed by atoms with van der Waals surface area (Å²) in [6, 6.07) is 13.6. The maximum Gasteiger partial charge on any atom is 0.325 e. The number of carbonyl (C=O) groups is 3. The highest BCUT2D eigenvalue weighted by atomic mass is 16.5. The van der Waals surface area contributed by atoms with Crippen molar-refractivity contribution in [1.82, 2.24) is 20.1 Å². The topological polar surface area (TPSA) is 102 Å². The minimum Gasteiger partial charge on any atom is -0.497 e. The van der Waals surface area contributed by atoms with E-state index in [4.69, 9.17) is 9.47 Å². The standard InChI is InChI=1S/C24H26N4O5/c1-32-18-7-8-20-16(13-18)9-11-27(20)12-10-25-22(29)14-19-23(30)28(24(31)26-19)15-17-5-3-4-6-21(17)33-2/h3-9,11,13,19H,10,12,14-15H2,1-2H3,(H,25,29)(H,26,31)/t19-/m1/s1. The second kappa shape index (κ2) is 9.64. The number of methoxy groups -OCH3 is 2. The summed E-state index contributed by atoms with van der Waals surface area (Å²) in [5.41, 5.74) is 1.75. The predicted molar refractivity (Wildman–Crippen MR) is 122 cm³/mol. The molecule has 1 aromatic heterocycles. The lowest BCUT2D eigenvalue weighted by Crippen LogP contribution is -2.37. The molecule has 2 aromatic carbocycles. The second-order valence-corrected chi connectivity index (χ2v) is 7.73. The maximum absolute atomic E-state index is 12.7. The molecule has 3 aromatic rings. The molecule has 0 aliphatic carbocycles. The number of hydrogen-bond donors (Lipinski definition) is 2. The van der Waals surface area contributed by atoms with Gasteiger partial charge in [-0.1, -0.05) is 18.2 Å². The van der Waals surface area contributed by atoms with Crippen molar-refractivity contribution in [3.63, 3.8) is 0 Å². The van der Waals surface area contributed by atoms with Crippen LogP contribution in [0.2, 0.25) is 0 Å². The molecular weight excluding hydrogens is 424 g/mol. The Balaban J connectivity index is 1.30. The highest BCUT2D eigenvalue weighted by Crippen LogP contribution is 2.23. The fourth-order valence-corrected chi connectivity index (χ4v) is 3.94. The lowest BCUT2D eigenvalue weighted by molar-refractivity contribution is -0.131. The third-order valence-electron chi connectivity index (χ3n) is 5.67. The van der Waals surface area contributed by atoms with Gasteiger partial charge in [-0.05, 0) is 30.3 Å². The number of para-hydroxylation sites is 1. The third-order valence-corrected chi connectivity index (χ3v) is 5.67. The Bertz CT molecular complexity index is 1190. The van der Waals surface area contributed by atoms with E-state index in [1.54, 1.807) is 19.2 Å². The van der Waals surface area contributed by atoms with E-state index >= 15 is 0 Å². The van der Waals surface area contributed by atoms with Crippen molar-refractivity contribution in [2.45, 2.75) is 25.6 Å². The quantitative estimate of drug-likeness (QED) is 0.487. The van der Waals surface area contributed by atoms with Crippen molar-refractivity contribution < 1.29 is 23.9 Å². The van der Waals surface area contributed by atoms with Crippen molar-refractivity contribution in [2.24, 2.45) is 0 Å². The molecule has 1 saturated heterocycles. The van der Waals surface area contributed by atoms with Gasteiger partial charge in [0.05, 0.1) is 27.2 Å². The zero-order valence-electron chi connectivity index (χ0n) is 18.5. The van der Waals surface area contributed by atoms with Crippen LogP contribution in [0, 0.1) is 0 Å². The molecule has 0 saturated carbocycles. The predicted octanol–water partition coefficient (Wildman–Crippen LogP) is 2.29. The van der Waals surface area contributed by atoms with Crippen LogP contribution in [0.15, 0.2) is 54.7 Å². The minimum absolute atomic E-state index is 0.0816. The Labute approximate surface area is 191 Å². The van der Waals surface area contributed by atoms with E-state index in [1.807, 2.05) is 47.2 Å². The van der Waals surface area contributed by atoms with Crippen molar-refractivity contribution in [3.8, 4) is 11.5 Å². The smallest absolute Gasteiger partial charge is 0.325 e. The van der Waals surface area contributed by atoms with Crippen LogP contribution in [-0.2, 0) is 22.7 Å². The number of amides is 4. The summed E-state index contributed by atoms with van der Waals surface area (Å²) in [5.74, 6) is 0.657. The molecular formula is C24H26N4O5. The molecule has 1 aliphatic rings. The van der Waals surface area contributed by atoms with E-state index in [-0.39, 0.29) is 18.9 Å². The maximum atomic E-state index is 12.7. The summed E-state index contributed by atoms with van der Waals surface area (Å²) in [7, 11) is 3.16. The van der Waals surface area contributed by atoms with Crippen LogP contribution in [0.25, 0.3) is 10.9 Å². The molecule has 9 heteroatoms. The fraction of sp³-hybridized carbons (Fsp3) is 0.292. The Morgan fingerprint density at radius 3 is 2.70 bits per heavy atom. The van der Waals surface area contributed by atoms with Gasteiger partial charge in [0.15, 0.2) is 0 Å². The van der Waals surface area contributed by atoms with E-state index < -0.39 is 18.0 Å². The van der Waals surface area contributed by atoms with E-state index in [1.165, 1.54) is 7.11 Å². The molecule has 0 radical (unpaired) electrons. The van der Waals surface area contributed by atoms with Gasteiger partial charge < -0.3 is 24.7 Å². The Morgan fingerprint density at radius 2 is 1.91 bits per heavy atom. The number of nitrogens with zero attached hydrogens (tertiary/aromatic N) is 2. The van der Waals surface area contributed by atoms with Gasteiger partial charge in [-0.3, -0.25) is 14.5 Å². The fourth-order valence-electron chi connectivity index (χ4n) is 3.94. The SMILES string of the molecule is COc1ccc2c(ccn2CCNC(=O)C[C@H]2NC(=O)N(Cc3ccccc3OC)C2=O)c1. The van der Waals surface area contributed by atoms with Gasteiger partial charge in [-0.2, -0.15) is 0 Å². The highest BCUT2D eigenvalue weighted by Gasteiger charge is 2.39. The van der Waals surface area contributed by atoms with E-state index in [9.17, 15) is 14.4 Å². The zero-order valence-corrected chi connectivity index (χ0v) is 18.5. The molecule has 4 amide bonds. The molecule has 0 bridgehead atoms. The molecule has 1 aliphatic heterocycles. The summed E-state index contributed by atoms with van der Waals surface area (Å²) in [6.45, 7) is 1.05. The lowest BCUT2D eigenvalue weighted by Gasteiger charge is -2.15. The van der Waals surface area contributed by atoms with Crippen molar-refractivity contribution in [2.75, 3.05) is 20.8 Å². The van der Waals surface area contributed by atoms with Gasteiger partial charge in [0.1, 0.15) is 17.5 Å². The Morgan fingerprint density at radius 1 is 1.09 bits per heavy atom. The van der Waals surface area contributed by atoms with E-state index in [2.05, 4.69) is 10.6 Å². The van der Waals surface area contributed by atoms with Crippen molar-refractivity contribution >= 4 is 28.7 Å². The number of fused-ring (bicyclic) bond motifs is 1. The molecule has 4 rings (SSSR count). The normalized spacial score (nSPS) is 15.6. The third kappa shape index (κ3) is 4.77. The van der Waals surface area contributed by atoms with Crippen LogP contribution in [-0.4, -0.2) is 54.1 Å². The first-order chi connectivity index (χ1) is 16.0. The van der Waals surface area contributed by atoms with Gasteiger partial charge in [-0.15, -0.1) is 0 Å². The van der Waals surface area contributed by atoms with E-state index in [0.717, 1.165) is 21.6 Å². The first-order valence-corrected chi connectivity index (χ1v) is 10.6. The average Bonchev–Trinajstić information content (AvgIpc) is 3.34. The first-order valence-electron chi connectivity index (χ1n) is 10.6. The number of ether oxygens (including phenoxy) is 2. The first kappa shape index (κ1) is 22.2. The second-order valence-electron chi connectivity index (χ2n) is 7.73. The number of aromatic nitrogens is 1. The molecule has 9 nitrogen and oxygen atoms in total. The van der Waals surface area contributed by atoms with Crippen LogP contribution < -0.4 is 20.1 Å². The highest BCUT2D eigenvalue weighted by molar-refractivity contribution is 6.05. The van der Waals surface area contributed by atoms with Gasteiger partial charge in [0, 0.05) is 35.8 Å². The van der Waals surface area contributed by atoms with Crippen LogP contribution in [0.5, 0.6) is 11.5 Å². The molecule has 1 fully saturated rings. The van der Waals surface area contributed by atoms with Crippen LogP contribution in [0.4, 0.5) is 4.79 Å². The summed E-state index contributed by atoms with van der Waals surface area (Å²) in [5, 5.41) is 6.48. The van der Waals surface area contributed by atoms with E-state index in [0.29, 0.717) is 24.4 Å². The summed E-state index contributed by atoms with van der Waals surface area (Å²) in [4.78, 5) is 38.6. The van der Waals surface area contributed by atoms with Gasteiger partial charge in [0.25, 0.3) is 5.91 Å². The van der Waals surface area contributed by atoms with Crippen molar-refractivity contribution in [1.29, 1.82) is 0 Å². The molecule has 2 heterocycles. The van der Waals surface area contributed by atoms with Crippen LogP contribution in [0.3, 0.4) is 0 Å². The molecule has 33 heavy (non-hydrogen) atoms. The molecule has 2 N–H and O–H groups in total. The Kier molecular flexibility index (Phi) is 6.48. The summed E-state index contributed by atoms with van der Waals surface area (Å²) in [6.07, 6.45) is 1.84. The Hall–Kier alpha value is -4.01. The average molecular weight is 450 g/mol. The molecule has 0 unspecified atom stereocenters.